The van der Waals surface area contributed by atoms with E-state index in [0.29, 0.717) is 12.3 Å². The Kier molecular flexibility index (Phi) is 4.40. The highest BCUT2D eigenvalue weighted by molar-refractivity contribution is 6.17. The summed E-state index contributed by atoms with van der Waals surface area (Å²) in [6.07, 6.45) is 0.498. The molecule has 0 saturated carbocycles. The summed E-state index contributed by atoms with van der Waals surface area (Å²) in [6.45, 7) is 1.27. The first-order chi connectivity index (χ1) is 4.18. The molecule has 9 heavy (non-hydrogen) atoms. The predicted octanol–water partition coefficient (Wildman–Crippen LogP) is 1.35. The van der Waals surface area contributed by atoms with Crippen LogP contribution in [0.5, 0.6) is 0 Å². The normalized spacial score (nSPS) is 9.22. The fourth-order valence-electron chi connectivity index (χ4n) is 0.356. The Labute approximate surface area is 58.5 Å². The van der Waals surface area contributed by atoms with Gasteiger partial charge in [0.2, 0.25) is 5.91 Å². The fraction of sp³-hybridized carbons (Fsp3) is 0.800. The van der Waals surface area contributed by atoms with Gasteiger partial charge in [0.25, 0.3) is 0 Å². The fourth-order valence-corrected chi connectivity index (χ4v) is 0.476. The van der Waals surface area contributed by atoms with E-state index in [1.807, 2.05) is 0 Å². The van der Waals surface area contributed by atoms with Crippen LogP contribution in [0.3, 0.4) is 0 Å². The smallest absolute Gasteiger partial charge is 0.247 e. The molecule has 0 spiro atoms. The average Bonchev–Trinajstić information content (AvgIpc) is 1.82. The monoisotopic (exact) mass is 153 g/mol. The number of rotatable bonds is 3. The van der Waals surface area contributed by atoms with Gasteiger partial charge in [-0.1, -0.05) is 4.48 Å². The Hall–Kier alpha value is -0.310. The molecule has 2 nitrogen and oxygen atoms in total. The molecule has 0 aliphatic heterocycles. The van der Waals surface area contributed by atoms with E-state index >= 15 is 0 Å². The molecule has 4 heteroatoms. The van der Waals surface area contributed by atoms with Gasteiger partial charge in [0.1, 0.15) is 0 Å². The second kappa shape index (κ2) is 4.56. The van der Waals surface area contributed by atoms with Crippen LogP contribution < -0.4 is 0 Å². The van der Waals surface area contributed by atoms with Crippen molar-refractivity contribution in [3.05, 3.63) is 0 Å². The molecule has 0 aromatic heterocycles. The van der Waals surface area contributed by atoms with Crippen molar-refractivity contribution < 1.29 is 9.28 Å². The van der Waals surface area contributed by atoms with Crippen molar-refractivity contribution in [2.45, 2.75) is 13.3 Å². The van der Waals surface area contributed by atoms with Crippen molar-refractivity contribution in [2.24, 2.45) is 0 Å². The van der Waals surface area contributed by atoms with Crippen molar-refractivity contribution in [3.63, 3.8) is 0 Å². The molecule has 0 unspecified atom stereocenters. The van der Waals surface area contributed by atoms with Crippen LogP contribution >= 0.6 is 11.6 Å². The maximum Gasteiger partial charge on any atom is 0.247 e. The van der Waals surface area contributed by atoms with Gasteiger partial charge in [-0.2, -0.15) is 5.12 Å². The van der Waals surface area contributed by atoms with Crippen molar-refractivity contribution >= 4 is 17.5 Å². The van der Waals surface area contributed by atoms with Crippen molar-refractivity contribution in [1.82, 2.24) is 5.12 Å². The maximum absolute atomic E-state index is 12.1. The Bertz CT molecular complexity index is 99.0. The number of alkyl halides is 1. The van der Waals surface area contributed by atoms with Gasteiger partial charge in [-0.15, -0.1) is 11.6 Å². The quantitative estimate of drug-likeness (QED) is 0.443. The average molecular weight is 154 g/mol. The van der Waals surface area contributed by atoms with Gasteiger partial charge in [0.05, 0.1) is 6.54 Å². The number of carbonyl (C=O) groups is 1. The van der Waals surface area contributed by atoms with E-state index in [-0.39, 0.29) is 11.7 Å². The molecule has 1 amide bonds. The second-order valence-corrected chi connectivity index (χ2v) is 2.03. The summed E-state index contributed by atoms with van der Waals surface area (Å²) < 4.78 is 12.1. The van der Waals surface area contributed by atoms with E-state index in [0.717, 1.165) is 0 Å². The van der Waals surface area contributed by atoms with Crippen LogP contribution in [0, 0.1) is 0 Å². The predicted molar refractivity (Wildman–Crippen MR) is 33.8 cm³/mol. The lowest BCUT2D eigenvalue weighted by molar-refractivity contribution is -0.143. The third-order valence-corrected chi connectivity index (χ3v) is 1.10. The van der Waals surface area contributed by atoms with Crippen molar-refractivity contribution in [2.75, 3.05) is 12.4 Å². The number of hydrogen-bond donors (Lipinski definition) is 0. The van der Waals surface area contributed by atoms with E-state index in [1.165, 1.54) is 6.92 Å². The van der Waals surface area contributed by atoms with Gasteiger partial charge >= 0.3 is 0 Å². The molecule has 0 heterocycles. The minimum atomic E-state index is -0.569. The van der Waals surface area contributed by atoms with Crippen LogP contribution in [0.2, 0.25) is 0 Å². The second-order valence-electron chi connectivity index (χ2n) is 1.65. The Morgan fingerprint density at radius 2 is 2.33 bits per heavy atom. The lowest BCUT2D eigenvalue weighted by Gasteiger charge is -2.05. The first kappa shape index (κ1) is 8.69. The van der Waals surface area contributed by atoms with Gasteiger partial charge < -0.3 is 0 Å². The molecule has 0 N–H and O–H groups in total. The Morgan fingerprint density at radius 1 is 1.78 bits per heavy atom. The van der Waals surface area contributed by atoms with Crippen molar-refractivity contribution in [1.29, 1.82) is 0 Å². The molecule has 0 aliphatic carbocycles. The third kappa shape index (κ3) is 4.21. The van der Waals surface area contributed by atoms with Crippen LogP contribution in [0.1, 0.15) is 13.3 Å². The van der Waals surface area contributed by atoms with E-state index in [4.69, 9.17) is 11.6 Å². The number of halogens is 2. The molecule has 0 fully saturated rings. The summed E-state index contributed by atoms with van der Waals surface area (Å²) in [7, 11) is 0. The highest BCUT2D eigenvalue weighted by Gasteiger charge is 2.03. The molecule has 0 rings (SSSR count). The number of amides is 1. The van der Waals surface area contributed by atoms with Crippen LogP contribution in [0.4, 0.5) is 4.48 Å². The number of hydrogen-bond acceptors (Lipinski definition) is 1. The molecular weight excluding hydrogens is 145 g/mol. The molecule has 0 radical (unpaired) electrons. The van der Waals surface area contributed by atoms with Crippen LogP contribution in [0.25, 0.3) is 0 Å². The summed E-state index contributed by atoms with van der Waals surface area (Å²) >= 11 is 5.25. The molecule has 0 atom stereocenters. The zero-order chi connectivity index (χ0) is 7.28. The van der Waals surface area contributed by atoms with Gasteiger partial charge in [-0.05, 0) is 6.42 Å². The van der Waals surface area contributed by atoms with Crippen LogP contribution in [-0.2, 0) is 4.79 Å². The largest absolute Gasteiger partial charge is 0.273 e. The van der Waals surface area contributed by atoms with Gasteiger partial charge in [-0.25, -0.2) is 0 Å². The lowest BCUT2D eigenvalue weighted by atomic mass is 10.5. The topological polar surface area (TPSA) is 20.3 Å². The third-order valence-electron chi connectivity index (χ3n) is 0.830. The molecule has 0 aromatic rings. The first-order valence-electron chi connectivity index (χ1n) is 2.68. The summed E-state index contributed by atoms with van der Waals surface area (Å²) in [4.78, 5) is 10.2. The Morgan fingerprint density at radius 3 is 2.67 bits per heavy atom. The zero-order valence-electron chi connectivity index (χ0n) is 5.23. The van der Waals surface area contributed by atoms with E-state index in [9.17, 15) is 9.28 Å². The first-order valence-corrected chi connectivity index (χ1v) is 3.21. The highest BCUT2D eigenvalue weighted by atomic mass is 35.5. The summed E-state index contributed by atoms with van der Waals surface area (Å²) in [6, 6.07) is 0. The summed E-state index contributed by atoms with van der Waals surface area (Å²) in [5, 5.41) is 0.155. The molecule has 0 saturated heterocycles. The highest BCUT2D eigenvalue weighted by Crippen LogP contribution is 1.93. The van der Waals surface area contributed by atoms with Gasteiger partial charge in [-0.3, -0.25) is 4.79 Å². The van der Waals surface area contributed by atoms with Crippen LogP contribution in [-0.4, -0.2) is 23.5 Å². The zero-order valence-corrected chi connectivity index (χ0v) is 5.99. The minimum absolute atomic E-state index is 0.0961. The molecule has 0 aliphatic rings. The van der Waals surface area contributed by atoms with E-state index in [2.05, 4.69) is 0 Å². The number of carbonyl (C=O) groups excluding carboxylic acids is 1. The summed E-state index contributed by atoms with van der Waals surface area (Å²) in [5.41, 5.74) is 0. The number of nitrogens with zero attached hydrogens (tertiary/aromatic N) is 1. The van der Waals surface area contributed by atoms with E-state index in [1.54, 1.807) is 0 Å². The molecule has 54 valence electrons. The SMILES string of the molecule is CC(=O)N(F)CCCCl. The molecule has 0 aromatic carbocycles. The molecular formula is C5H9ClFNO. The van der Waals surface area contributed by atoms with E-state index < -0.39 is 5.91 Å². The van der Waals surface area contributed by atoms with Gasteiger partial charge in [0, 0.05) is 12.8 Å². The summed E-state index contributed by atoms with van der Waals surface area (Å²) in [5.74, 6) is -0.187. The standard InChI is InChI=1S/C5H9ClFNO/c1-5(9)8(7)4-2-3-6/h2-4H2,1H3. The maximum atomic E-state index is 12.1. The van der Waals surface area contributed by atoms with Crippen LogP contribution in [0.15, 0.2) is 0 Å². The van der Waals surface area contributed by atoms with Crippen molar-refractivity contribution in [3.8, 4) is 0 Å². The Balaban J connectivity index is 3.27. The lowest BCUT2D eigenvalue weighted by Crippen LogP contribution is -2.20. The van der Waals surface area contributed by atoms with Gasteiger partial charge in [0.15, 0.2) is 0 Å². The minimum Gasteiger partial charge on any atom is -0.273 e. The molecule has 0 bridgehead atoms.